The van der Waals surface area contributed by atoms with Crippen LogP contribution in [0.2, 0.25) is 0 Å². The monoisotopic (exact) mass is 477 g/mol. The molecular weight excluding hydrogens is 454 g/mol. The van der Waals surface area contributed by atoms with E-state index in [0.29, 0.717) is 43.1 Å². The maximum atomic E-state index is 13.5. The molecule has 1 aromatic heterocycles. The van der Waals surface area contributed by atoms with E-state index in [4.69, 9.17) is 15.2 Å². The van der Waals surface area contributed by atoms with Crippen LogP contribution in [0.3, 0.4) is 0 Å². The number of para-hydroxylation sites is 2. The van der Waals surface area contributed by atoms with E-state index in [1.165, 1.54) is 4.90 Å². The summed E-state index contributed by atoms with van der Waals surface area (Å²) < 4.78 is 12.2. The summed E-state index contributed by atoms with van der Waals surface area (Å²) in [5.74, 6) is -1.15. The topological polar surface area (TPSA) is 137 Å². The smallest absolute Gasteiger partial charge is 0.275 e. The summed E-state index contributed by atoms with van der Waals surface area (Å²) in [4.78, 5) is 54.6. The number of primary amides is 1. The van der Waals surface area contributed by atoms with Crippen LogP contribution < -0.4 is 20.9 Å². The first-order valence-corrected chi connectivity index (χ1v) is 11.2. The lowest BCUT2D eigenvalue weighted by atomic mass is 10.1. The second kappa shape index (κ2) is 9.18. The number of fused-ring (bicyclic) bond motifs is 2. The summed E-state index contributed by atoms with van der Waals surface area (Å²) in [6, 6.07) is 13.3. The van der Waals surface area contributed by atoms with Crippen molar-refractivity contribution in [3.63, 3.8) is 0 Å². The first kappa shape index (κ1) is 22.5. The minimum absolute atomic E-state index is 0.0307. The highest BCUT2D eigenvalue weighted by molar-refractivity contribution is 6.04. The number of hydrogen-bond acceptors (Lipinski definition) is 7. The third-order valence-electron chi connectivity index (χ3n) is 6.06. The molecule has 11 heteroatoms. The van der Waals surface area contributed by atoms with E-state index >= 15 is 0 Å². The third-order valence-corrected chi connectivity index (χ3v) is 6.06. The number of nitrogens with two attached hydrogens (primary N) is 1. The van der Waals surface area contributed by atoms with Crippen molar-refractivity contribution in [2.45, 2.75) is 12.6 Å². The molecule has 3 heterocycles. The van der Waals surface area contributed by atoms with Gasteiger partial charge in [0, 0.05) is 18.5 Å². The van der Waals surface area contributed by atoms with E-state index in [-0.39, 0.29) is 23.5 Å². The van der Waals surface area contributed by atoms with Crippen molar-refractivity contribution < 1.29 is 23.9 Å². The van der Waals surface area contributed by atoms with Gasteiger partial charge < -0.3 is 25.0 Å². The van der Waals surface area contributed by atoms with Gasteiger partial charge in [0.25, 0.3) is 17.4 Å². The molecule has 0 bridgehead atoms. The van der Waals surface area contributed by atoms with Crippen LogP contribution in [-0.4, -0.2) is 71.4 Å². The summed E-state index contributed by atoms with van der Waals surface area (Å²) in [5.41, 5.74) is 5.33. The minimum Gasteiger partial charge on any atom is -0.476 e. The molecular formula is C24H23N5O6. The molecule has 2 aromatic carbocycles. The Balaban J connectivity index is 1.47. The van der Waals surface area contributed by atoms with Crippen LogP contribution in [0.1, 0.15) is 10.5 Å². The molecule has 0 unspecified atom stereocenters. The summed E-state index contributed by atoms with van der Waals surface area (Å²) in [6.45, 7) is 1.29. The number of carbonyl (C=O) groups excluding carboxylic acids is 3. The summed E-state index contributed by atoms with van der Waals surface area (Å²) >= 11 is 0. The number of rotatable bonds is 4. The molecule has 180 valence electrons. The van der Waals surface area contributed by atoms with Gasteiger partial charge in [0.1, 0.15) is 12.3 Å². The Hall–Kier alpha value is -4.25. The second-order valence-electron chi connectivity index (χ2n) is 8.24. The van der Waals surface area contributed by atoms with E-state index < -0.39 is 30.0 Å². The van der Waals surface area contributed by atoms with E-state index in [1.807, 2.05) is 0 Å². The summed E-state index contributed by atoms with van der Waals surface area (Å²) in [5, 5.41) is 4.63. The van der Waals surface area contributed by atoms with Crippen LogP contribution >= 0.6 is 0 Å². The Morgan fingerprint density at radius 3 is 2.43 bits per heavy atom. The first-order chi connectivity index (χ1) is 16.9. The fraction of sp³-hybridized carbons (Fsp3) is 0.292. The highest BCUT2D eigenvalue weighted by Gasteiger charge is 2.36. The van der Waals surface area contributed by atoms with Crippen molar-refractivity contribution >= 4 is 34.2 Å². The number of benzene rings is 2. The Labute approximate surface area is 199 Å². The third kappa shape index (κ3) is 4.21. The molecule has 1 fully saturated rings. The van der Waals surface area contributed by atoms with Crippen molar-refractivity contribution in [3.05, 3.63) is 64.6 Å². The lowest BCUT2D eigenvalue weighted by Crippen LogP contribution is -2.54. The quantitative estimate of drug-likeness (QED) is 0.565. The maximum absolute atomic E-state index is 13.5. The Bertz CT molecular complexity index is 1380. The highest BCUT2D eigenvalue weighted by atomic mass is 16.5. The van der Waals surface area contributed by atoms with Crippen molar-refractivity contribution in [1.82, 2.24) is 14.7 Å². The number of ether oxygens (including phenoxy) is 2. The number of morpholine rings is 1. The molecule has 5 rings (SSSR count). The van der Waals surface area contributed by atoms with E-state index in [9.17, 15) is 19.2 Å². The fourth-order valence-electron chi connectivity index (χ4n) is 4.32. The standard InChI is InChI=1S/C24H23N5O6/c25-22(31)21-15-5-1-2-6-16(15)23(32)29(26-21)14-20(30)28-13-19(24(33)27-9-11-34-12-10-27)35-18-8-4-3-7-17(18)28/h1-8,19H,9-14H2,(H2,25,31)/t19-/m1/s1. The van der Waals surface area contributed by atoms with Crippen molar-refractivity contribution in [1.29, 1.82) is 0 Å². The van der Waals surface area contributed by atoms with Crippen molar-refractivity contribution in [3.8, 4) is 5.75 Å². The zero-order valence-corrected chi connectivity index (χ0v) is 18.8. The SMILES string of the molecule is NC(=O)c1nn(CC(=O)N2C[C@H](C(=O)N3CCOCC3)Oc3ccccc32)c(=O)c2ccccc12. The Morgan fingerprint density at radius 1 is 1.00 bits per heavy atom. The van der Waals surface area contributed by atoms with Crippen LogP contribution in [0.5, 0.6) is 5.75 Å². The molecule has 3 amide bonds. The molecule has 3 aromatic rings. The molecule has 1 atom stereocenters. The number of anilines is 1. The fourth-order valence-corrected chi connectivity index (χ4v) is 4.32. The minimum atomic E-state index is -0.908. The molecule has 2 aliphatic rings. The van der Waals surface area contributed by atoms with E-state index in [0.717, 1.165) is 4.68 Å². The number of hydrogen-bond donors (Lipinski definition) is 1. The van der Waals surface area contributed by atoms with Gasteiger partial charge in [-0.3, -0.25) is 19.2 Å². The normalized spacial score (nSPS) is 17.5. The van der Waals surface area contributed by atoms with Crippen LogP contribution in [0, 0.1) is 0 Å². The summed E-state index contributed by atoms with van der Waals surface area (Å²) in [6.07, 6.45) is -0.908. The van der Waals surface area contributed by atoms with Crippen LogP contribution in [0.15, 0.2) is 53.3 Å². The van der Waals surface area contributed by atoms with Gasteiger partial charge in [-0.25, -0.2) is 4.68 Å². The highest BCUT2D eigenvalue weighted by Crippen LogP contribution is 2.33. The van der Waals surface area contributed by atoms with Gasteiger partial charge in [0.15, 0.2) is 11.8 Å². The van der Waals surface area contributed by atoms with Gasteiger partial charge in [-0.1, -0.05) is 30.3 Å². The molecule has 2 N–H and O–H groups in total. The molecule has 35 heavy (non-hydrogen) atoms. The number of nitrogens with zero attached hydrogens (tertiary/aromatic N) is 4. The van der Waals surface area contributed by atoms with Gasteiger partial charge >= 0.3 is 0 Å². The van der Waals surface area contributed by atoms with Gasteiger partial charge in [0.05, 0.1) is 30.8 Å². The zero-order valence-electron chi connectivity index (χ0n) is 18.8. The maximum Gasteiger partial charge on any atom is 0.275 e. The van der Waals surface area contributed by atoms with Crippen LogP contribution in [0.4, 0.5) is 5.69 Å². The second-order valence-corrected chi connectivity index (χ2v) is 8.24. The van der Waals surface area contributed by atoms with E-state index in [2.05, 4.69) is 5.10 Å². The molecule has 11 nitrogen and oxygen atoms in total. The zero-order chi connectivity index (χ0) is 24.5. The van der Waals surface area contributed by atoms with Gasteiger partial charge in [0.2, 0.25) is 5.91 Å². The molecule has 1 saturated heterocycles. The molecule has 0 radical (unpaired) electrons. The molecule has 0 saturated carbocycles. The average Bonchev–Trinajstić information content (AvgIpc) is 2.89. The predicted molar refractivity (Wildman–Crippen MR) is 125 cm³/mol. The lowest BCUT2D eigenvalue weighted by molar-refractivity contribution is -0.142. The first-order valence-electron chi connectivity index (χ1n) is 11.2. The van der Waals surface area contributed by atoms with Gasteiger partial charge in [-0.05, 0) is 18.2 Å². The summed E-state index contributed by atoms with van der Waals surface area (Å²) in [7, 11) is 0. The Kier molecular flexibility index (Phi) is 5.91. The van der Waals surface area contributed by atoms with E-state index in [1.54, 1.807) is 53.4 Å². The van der Waals surface area contributed by atoms with Crippen molar-refractivity contribution in [2.24, 2.45) is 5.73 Å². The predicted octanol–water partition coefficient (Wildman–Crippen LogP) is 0.148. The molecule has 0 spiro atoms. The number of aromatic nitrogens is 2. The van der Waals surface area contributed by atoms with Crippen LogP contribution in [-0.2, 0) is 20.9 Å². The number of amides is 3. The number of carbonyl (C=O) groups is 3. The lowest BCUT2D eigenvalue weighted by Gasteiger charge is -2.37. The molecule has 2 aliphatic heterocycles. The average molecular weight is 477 g/mol. The van der Waals surface area contributed by atoms with Crippen LogP contribution in [0.25, 0.3) is 10.8 Å². The molecule has 0 aliphatic carbocycles. The van der Waals surface area contributed by atoms with Crippen molar-refractivity contribution in [2.75, 3.05) is 37.7 Å². The Morgan fingerprint density at radius 2 is 1.69 bits per heavy atom. The largest absolute Gasteiger partial charge is 0.476 e. The van der Waals surface area contributed by atoms with Gasteiger partial charge in [-0.15, -0.1) is 0 Å². The van der Waals surface area contributed by atoms with Gasteiger partial charge in [-0.2, -0.15) is 5.10 Å².